The van der Waals surface area contributed by atoms with Gasteiger partial charge in [0, 0.05) is 0 Å². The molecule has 0 saturated heterocycles. The first-order valence-corrected chi connectivity index (χ1v) is 3.77. The van der Waals surface area contributed by atoms with Crippen molar-refractivity contribution in [1.29, 1.82) is 0 Å². The quantitative estimate of drug-likeness (QED) is 0.758. The zero-order valence-electron chi connectivity index (χ0n) is 7.08. The summed E-state index contributed by atoms with van der Waals surface area (Å²) in [4.78, 5) is 0. The van der Waals surface area contributed by atoms with Crippen molar-refractivity contribution in [1.82, 2.24) is 0 Å². The third kappa shape index (κ3) is 3.04. The van der Waals surface area contributed by atoms with Crippen LogP contribution in [0.15, 0.2) is 24.3 Å². The molecule has 0 heterocycles. The van der Waals surface area contributed by atoms with Gasteiger partial charge in [-0.1, -0.05) is 12.1 Å². The molecule has 0 spiro atoms. The molecule has 0 atom stereocenters. The number of hydrogen-bond donors (Lipinski definition) is 1. The molecule has 1 aromatic carbocycles. The Kier molecular flexibility index (Phi) is 3.54. The first-order valence-electron chi connectivity index (χ1n) is 3.77. The molecule has 1 rings (SSSR count). The maximum Gasteiger partial charge on any atom is 0.485 e. The number of halogens is 3. The van der Waals surface area contributed by atoms with Crippen molar-refractivity contribution in [3.63, 3.8) is 0 Å². The Morgan fingerprint density at radius 2 is 2.07 bits per heavy atom. The first-order chi connectivity index (χ1) is 6.54. The van der Waals surface area contributed by atoms with E-state index in [1.54, 1.807) is 0 Å². The zero-order chi connectivity index (χ0) is 10.6. The SMILES string of the molecule is O[B]OCc1cccc(C(F)(F)F)c1. The van der Waals surface area contributed by atoms with Gasteiger partial charge in [0.2, 0.25) is 0 Å². The van der Waals surface area contributed by atoms with Crippen molar-refractivity contribution in [2.45, 2.75) is 12.8 Å². The standard InChI is InChI=1S/C8H7BF3O2/c10-8(11,12)7-3-1-2-6(4-7)5-14-9-13/h1-4,13H,5H2. The van der Waals surface area contributed by atoms with Crippen LogP contribution in [0.1, 0.15) is 11.1 Å². The molecule has 0 bridgehead atoms. The van der Waals surface area contributed by atoms with Gasteiger partial charge >= 0.3 is 13.9 Å². The summed E-state index contributed by atoms with van der Waals surface area (Å²) in [6.45, 7) is -0.0829. The van der Waals surface area contributed by atoms with Crippen LogP contribution in [0.4, 0.5) is 13.2 Å². The molecule has 2 nitrogen and oxygen atoms in total. The highest BCUT2D eigenvalue weighted by Crippen LogP contribution is 2.29. The molecular formula is C8H7BF3O2. The Morgan fingerprint density at radius 1 is 1.36 bits per heavy atom. The summed E-state index contributed by atoms with van der Waals surface area (Å²) in [6.07, 6.45) is -4.35. The van der Waals surface area contributed by atoms with Crippen molar-refractivity contribution >= 4 is 7.69 Å². The molecule has 75 valence electrons. The lowest BCUT2D eigenvalue weighted by Gasteiger charge is -2.08. The minimum Gasteiger partial charge on any atom is -0.429 e. The van der Waals surface area contributed by atoms with E-state index in [2.05, 4.69) is 4.65 Å². The molecule has 0 fully saturated rings. The molecule has 1 radical (unpaired) electrons. The van der Waals surface area contributed by atoms with Crippen molar-refractivity contribution in [3.8, 4) is 0 Å². The summed E-state index contributed by atoms with van der Waals surface area (Å²) < 4.78 is 41.0. The van der Waals surface area contributed by atoms with E-state index in [1.807, 2.05) is 0 Å². The normalized spacial score (nSPS) is 11.4. The molecule has 14 heavy (non-hydrogen) atoms. The van der Waals surface area contributed by atoms with Gasteiger partial charge in [0.15, 0.2) is 0 Å². The predicted molar refractivity (Wildman–Crippen MR) is 44.2 cm³/mol. The number of alkyl halides is 3. The molecule has 0 aromatic heterocycles. The molecule has 0 aliphatic rings. The van der Waals surface area contributed by atoms with Crippen LogP contribution in [-0.2, 0) is 17.4 Å². The predicted octanol–water partition coefficient (Wildman–Crippen LogP) is 1.75. The Labute approximate surface area is 79.6 Å². The largest absolute Gasteiger partial charge is 0.485 e. The third-order valence-electron chi connectivity index (χ3n) is 1.58. The van der Waals surface area contributed by atoms with Gasteiger partial charge in [0.05, 0.1) is 12.2 Å². The summed E-state index contributed by atoms with van der Waals surface area (Å²) >= 11 is 0. The van der Waals surface area contributed by atoms with E-state index >= 15 is 0 Å². The van der Waals surface area contributed by atoms with Crippen molar-refractivity contribution < 1.29 is 22.8 Å². The second-order valence-electron chi connectivity index (χ2n) is 2.61. The van der Waals surface area contributed by atoms with E-state index in [0.29, 0.717) is 13.2 Å². The molecule has 0 aliphatic carbocycles. The average Bonchev–Trinajstić information content (AvgIpc) is 2.14. The Morgan fingerprint density at radius 3 is 2.64 bits per heavy atom. The minimum atomic E-state index is -4.35. The topological polar surface area (TPSA) is 29.5 Å². The van der Waals surface area contributed by atoms with Crippen LogP contribution in [0, 0.1) is 0 Å². The highest BCUT2D eigenvalue weighted by Gasteiger charge is 2.30. The molecule has 0 amide bonds. The third-order valence-corrected chi connectivity index (χ3v) is 1.58. The van der Waals surface area contributed by atoms with E-state index in [1.165, 1.54) is 12.1 Å². The fourth-order valence-corrected chi connectivity index (χ4v) is 0.971. The van der Waals surface area contributed by atoms with E-state index in [-0.39, 0.29) is 6.61 Å². The van der Waals surface area contributed by atoms with Gasteiger partial charge in [-0.25, -0.2) is 0 Å². The molecule has 1 N–H and O–H groups in total. The molecule has 1 aromatic rings. The maximum atomic E-state index is 12.2. The molecular weight excluding hydrogens is 196 g/mol. The maximum absolute atomic E-state index is 12.2. The second kappa shape index (κ2) is 4.48. The highest BCUT2D eigenvalue weighted by atomic mass is 19.4. The van der Waals surface area contributed by atoms with Gasteiger partial charge in [-0.3, -0.25) is 0 Å². The minimum absolute atomic E-state index is 0.0829. The average molecular weight is 203 g/mol. The summed E-state index contributed by atoms with van der Waals surface area (Å²) in [7, 11) is 0.445. The van der Waals surface area contributed by atoms with Crippen LogP contribution in [0.25, 0.3) is 0 Å². The van der Waals surface area contributed by atoms with Gasteiger partial charge in [-0.05, 0) is 17.7 Å². The number of rotatable bonds is 3. The smallest absolute Gasteiger partial charge is 0.429 e. The first kappa shape index (κ1) is 11.1. The zero-order valence-corrected chi connectivity index (χ0v) is 7.08. The van der Waals surface area contributed by atoms with Crippen LogP contribution < -0.4 is 0 Å². The molecule has 0 aliphatic heterocycles. The number of hydrogen-bond acceptors (Lipinski definition) is 2. The lowest BCUT2D eigenvalue weighted by molar-refractivity contribution is -0.137. The van der Waals surface area contributed by atoms with Gasteiger partial charge in [0.25, 0.3) is 0 Å². The van der Waals surface area contributed by atoms with Crippen molar-refractivity contribution in [2.24, 2.45) is 0 Å². The Hall–Kier alpha value is -1.01. The van der Waals surface area contributed by atoms with Crippen LogP contribution in [-0.4, -0.2) is 12.7 Å². The van der Waals surface area contributed by atoms with E-state index in [9.17, 15) is 13.2 Å². The van der Waals surface area contributed by atoms with E-state index in [4.69, 9.17) is 5.02 Å². The van der Waals surface area contributed by atoms with Crippen molar-refractivity contribution in [3.05, 3.63) is 35.4 Å². The van der Waals surface area contributed by atoms with Crippen LogP contribution in [0.3, 0.4) is 0 Å². The monoisotopic (exact) mass is 203 g/mol. The highest BCUT2D eigenvalue weighted by molar-refractivity contribution is 6.15. The molecule has 6 heteroatoms. The van der Waals surface area contributed by atoms with E-state index in [0.717, 1.165) is 12.1 Å². The van der Waals surface area contributed by atoms with Crippen LogP contribution in [0.2, 0.25) is 0 Å². The van der Waals surface area contributed by atoms with Gasteiger partial charge in [0.1, 0.15) is 0 Å². The summed E-state index contributed by atoms with van der Waals surface area (Å²) in [5, 5.41) is 8.19. The lowest BCUT2D eigenvalue weighted by Crippen LogP contribution is -2.06. The second-order valence-corrected chi connectivity index (χ2v) is 2.61. The van der Waals surface area contributed by atoms with Crippen LogP contribution in [0.5, 0.6) is 0 Å². The number of benzene rings is 1. The van der Waals surface area contributed by atoms with E-state index < -0.39 is 11.7 Å². The van der Waals surface area contributed by atoms with Gasteiger partial charge in [-0.15, -0.1) is 0 Å². The van der Waals surface area contributed by atoms with Gasteiger partial charge < -0.3 is 9.68 Å². The van der Waals surface area contributed by atoms with Crippen molar-refractivity contribution in [2.75, 3.05) is 0 Å². The summed E-state index contributed by atoms with van der Waals surface area (Å²) in [6, 6.07) is 4.73. The Bertz CT molecular complexity index is 301. The van der Waals surface area contributed by atoms with Crippen LogP contribution >= 0.6 is 0 Å². The summed E-state index contributed by atoms with van der Waals surface area (Å²) in [5.41, 5.74) is -0.373. The lowest BCUT2D eigenvalue weighted by atomic mass is 10.1. The fourth-order valence-electron chi connectivity index (χ4n) is 0.971. The Balaban J connectivity index is 2.79. The van der Waals surface area contributed by atoms with Gasteiger partial charge in [-0.2, -0.15) is 13.2 Å². The fraction of sp³-hybridized carbons (Fsp3) is 0.250. The summed E-state index contributed by atoms with van der Waals surface area (Å²) in [5.74, 6) is 0. The molecule has 0 unspecified atom stereocenters. The molecule has 0 saturated carbocycles.